The lowest BCUT2D eigenvalue weighted by Gasteiger charge is -2.34. The molecule has 146 valence electrons. The largest absolute Gasteiger partial charge is 0.494 e. The van der Waals surface area contributed by atoms with Crippen molar-refractivity contribution in [3.05, 3.63) is 59.1 Å². The summed E-state index contributed by atoms with van der Waals surface area (Å²) in [7, 11) is 0. The van der Waals surface area contributed by atoms with E-state index in [2.05, 4.69) is 22.2 Å². The maximum Gasteiger partial charge on any atom is 0.276 e. The van der Waals surface area contributed by atoms with Crippen LogP contribution in [0.15, 0.2) is 52.4 Å². The number of piperazine rings is 1. The number of carbonyl (C=O) groups is 1. The summed E-state index contributed by atoms with van der Waals surface area (Å²) in [4.78, 5) is 17.9. The molecule has 1 aliphatic rings. The molecule has 2 aromatic heterocycles. The molecule has 1 aliphatic heterocycles. The summed E-state index contributed by atoms with van der Waals surface area (Å²) in [6.45, 7) is 6.60. The topological polar surface area (TPSA) is 58.8 Å². The van der Waals surface area contributed by atoms with Gasteiger partial charge in [0.05, 0.1) is 11.5 Å². The van der Waals surface area contributed by atoms with E-state index in [4.69, 9.17) is 9.26 Å². The molecule has 1 saturated heterocycles. The lowest BCUT2D eigenvalue weighted by molar-refractivity contribution is 0.0618. The fraction of sp³-hybridized carbons (Fsp3) is 0.333. The Labute approximate surface area is 168 Å². The number of hydrogen-bond acceptors (Lipinski definition) is 6. The van der Waals surface area contributed by atoms with Crippen LogP contribution in [0.1, 0.15) is 23.0 Å². The average Bonchev–Trinajstić information content (AvgIpc) is 3.42. The standard InChI is InChI=1S/C21H23N3O3S/c1-2-26-17-7-5-16(6-8-17)15-23-9-11-24(12-10-23)21(25)18-14-19(27-22-18)20-4-3-13-28-20/h3-8,13-14H,2,9-12,15H2,1H3. The van der Waals surface area contributed by atoms with Crippen molar-refractivity contribution in [2.24, 2.45) is 0 Å². The summed E-state index contributed by atoms with van der Waals surface area (Å²) in [5, 5.41) is 5.95. The number of rotatable bonds is 6. The second kappa shape index (κ2) is 8.58. The van der Waals surface area contributed by atoms with Gasteiger partial charge in [0.25, 0.3) is 5.91 Å². The van der Waals surface area contributed by atoms with Crippen molar-refractivity contribution in [3.8, 4) is 16.4 Å². The number of aromatic nitrogens is 1. The second-order valence-electron chi connectivity index (χ2n) is 6.70. The highest BCUT2D eigenvalue weighted by atomic mass is 32.1. The molecular weight excluding hydrogens is 374 g/mol. The highest BCUT2D eigenvalue weighted by Crippen LogP contribution is 2.25. The molecule has 1 amide bonds. The van der Waals surface area contributed by atoms with E-state index >= 15 is 0 Å². The molecule has 3 heterocycles. The van der Waals surface area contributed by atoms with Crippen molar-refractivity contribution in [1.29, 1.82) is 0 Å². The smallest absolute Gasteiger partial charge is 0.276 e. The van der Waals surface area contributed by atoms with Crippen molar-refractivity contribution >= 4 is 17.2 Å². The first-order valence-corrected chi connectivity index (χ1v) is 10.3. The van der Waals surface area contributed by atoms with Crippen LogP contribution >= 0.6 is 11.3 Å². The van der Waals surface area contributed by atoms with E-state index < -0.39 is 0 Å². The van der Waals surface area contributed by atoms with Gasteiger partial charge in [-0.25, -0.2) is 0 Å². The molecule has 1 aromatic carbocycles. The van der Waals surface area contributed by atoms with Crippen LogP contribution in [0.25, 0.3) is 10.6 Å². The number of ether oxygens (including phenoxy) is 1. The Morgan fingerprint density at radius 1 is 1.18 bits per heavy atom. The normalized spacial score (nSPS) is 15.0. The van der Waals surface area contributed by atoms with Gasteiger partial charge in [-0.15, -0.1) is 11.3 Å². The molecule has 1 fully saturated rings. The molecule has 0 saturated carbocycles. The quantitative estimate of drug-likeness (QED) is 0.634. The minimum Gasteiger partial charge on any atom is -0.494 e. The third-order valence-electron chi connectivity index (χ3n) is 4.79. The molecule has 7 heteroatoms. The summed E-state index contributed by atoms with van der Waals surface area (Å²) in [6.07, 6.45) is 0. The van der Waals surface area contributed by atoms with Crippen LogP contribution in [-0.4, -0.2) is 53.6 Å². The Morgan fingerprint density at radius 2 is 1.96 bits per heavy atom. The summed E-state index contributed by atoms with van der Waals surface area (Å²) in [5.41, 5.74) is 1.63. The lowest BCUT2D eigenvalue weighted by atomic mass is 10.2. The molecule has 4 rings (SSSR count). The average molecular weight is 398 g/mol. The number of nitrogens with zero attached hydrogens (tertiary/aromatic N) is 3. The predicted octanol–water partition coefficient (Wildman–Crippen LogP) is 3.76. The summed E-state index contributed by atoms with van der Waals surface area (Å²) >= 11 is 1.57. The van der Waals surface area contributed by atoms with Crippen LogP contribution in [0.4, 0.5) is 0 Å². The van der Waals surface area contributed by atoms with Gasteiger partial charge >= 0.3 is 0 Å². The first-order valence-electron chi connectivity index (χ1n) is 9.47. The fourth-order valence-corrected chi connectivity index (χ4v) is 3.97. The van der Waals surface area contributed by atoms with Crippen LogP contribution in [0.3, 0.4) is 0 Å². The molecule has 0 N–H and O–H groups in total. The van der Waals surface area contributed by atoms with Gasteiger partial charge in [0.15, 0.2) is 11.5 Å². The minimum atomic E-state index is -0.0627. The van der Waals surface area contributed by atoms with Crippen LogP contribution in [0, 0.1) is 0 Å². The van der Waals surface area contributed by atoms with Crippen molar-refractivity contribution < 1.29 is 14.1 Å². The van der Waals surface area contributed by atoms with Crippen LogP contribution < -0.4 is 4.74 Å². The molecule has 6 nitrogen and oxygen atoms in total. The maximum atomic E-state index is 12.7. The van der Waals surface area contributed by atoms with Crippen molar-refractivity contribution in [2.45, 2.75) is 13.5 Å². The van der Waals surface area contributed by atoms with Gasteiger partial charge in [0, 0.05) is 38.8 Å². The number of hydrogen-bond donors (Lipinski definition) is 0. The zero-order chi connectivity index (χ0) is 19.3. The van der Waals surface area contributed by atoms with Crippen molar-refractivity contribution in [1.82, 2.24) is 15.0 Å². The van der Waals surface area contributed by atoms with E-state index in [1.807, 2.05) is 41.5 Å². The molecule has 0 bridgehead atoms. The maximum absolute atomic E-state index is 12.7. The van der Waals surface area contributed by atoms with Gasteiger partial charge in [0.1, 0.15) is 5.75 Å². The Morgan fingerprint density at radius 3 is 2.64 bits per heavy atom. The van der Waals surface area contributed by atoms with Crippen LogP contribution in [0.2, 0.25) is 0 Å². The molecule has 0 unspecified atom stereocenters. The van der Waals surface area contributed by atoms with E-state index in [0.717, 1.165) is 30.3 Å². The van der Waals surface area contributed by atoms with Gasteiger partial charge in [0.2, 0.25) is 0 Å². The predicted molar refractivity (Wildman–Crippen MR) is 109 cm³/mol. The minimum absolute atomic E-state index is 0.0627. The molecular formula is C21H23N3O3S. The molecule has 28 heavy (non-hydrogen) atoms. The van der Waals surface area contributed by atoms with Crippen molar-refractivity contribution in [2.75, 3.05) is 32.8 Å². The number of amides is 1. The van der Waals surface area contributed by atoms with Crippen molar-refractivity contribution in [3.63, 3.8) is 0 Å². The lowest BCUT2D eigenvalue weighted by Crippen LogP contribution is -2.48. The first kappa shape index (κ1) is 18.7. The zero-order valence-corrected chi connectivity index (χ0v) is 16.7. The van der Waals surface area contributed by atoms with Gasteiger partial charge in [-0.3, -0.25) is 9.69 Å². The van der Waals surface area contributed by atoms with E-state index in [-0.39, 0.29) is 5.91 Å². The Balaban J connectivity index is 1.30. The number of carbonyl (C=O) groups excluding carboxylic acids is 1. The highest BCUT2D eigenvalue weighted by molar-refractivity contribution is 7.13. The van der Waals surface area contributed by atoms with Crippen LogP contribution in [-0.2, 0) is 6.54 Å². The van der Waals surface area contributed by atoms with Gasteiger partial charge in [-0.1, -0.05) is 23.4 Å². The third-order valence-corrected chi connectivity index (χ3v) is 5.68. The fourth-order valence-electron chi connectivity index (χ4n) is 3.30. The SMILES string of the molecule is CCOc1ccc(CN2CCN(C(=O)c3cc(-c4cccs4)on3)CC2)cc1. The van der Waals surface area contributed by atoms with Gasteiger partial charge in [-0.2, -0.15) is 0 Å². The highest BCUT2D eigenvalue weighted by Gasteiger charge is 2.25. The molecule has 0 atom stereocenters. The Hall–Kier alpha value is -2.64. The molecule has 0 spiro atoms. The zero-order valence-electron chi connectivity index (χ0n) is 15.8. The molecule has 0 radical (unpaired) electrons. The van der Waals surface area contributed by atoms with Gasteiger partial charge < -0.3 is 14.2 Å². The van der Waals surface area contributed by atoms with E-state index in [1.54, 1.807) is 17.4 Å². The summed E-state index contributed by atoms with van der Waals surface area (Å²) in [5.74, 6) is 1.48. The van der Waals surface area contributed by atoms with Gasteiger partial charge in [-0.05, 0) is 36.1 Å². The second-order valence-corrected chi connectivity index (χ2v) is 7.65. The Bertz CT molecular complexity index is 897. The molecule has 3 aromatic rings. The first-order chi connectivity index (χ1) is 13.7. The van der Waals surface area contributed by atoms with Crippen LogP contribution in [0.5, 0.6) is 5.75 Å². The monoisotopic (exact) mass is 397 g/mol. The van der Waals surface area contributed by atoms with E-state index in [1.165, 1.54) is 5.56 Å². The number of thiophene rings is 1. The number of benzene rings is 1. The van der Waals surface area contributed by atoms with E-state index in [9.17, 15) is 4.79 Å². The molecule has 0 aliphatic carbocycles. The van der Waals surface area contributed by atoms with E-state index in [0.29, 0.717) is 31.2 Å². The Kier molecular flexibility index (Phi) is 5.73. The third kappa shape index (κ3) is 4.26. The summed E-state index contributed by atoms with van der Waals surface area (Å²) in [6, 6.07) is 13.9. The summed E-state index contributed by atoms with van der Waals surface area (Å²) < 4.78 is 10.8.